The van der Waals surface area contributed by atoms with Gasteiger partial charge in [-0.2, -0.15) is 0 Å². The molecule has 3 aromatic rings. The minimum atomic E-state index is -0.490. The predicted octanol–water partition coefficient (Wildman–Crippen LogP) is 5.02. The minimum absolute atomic E-state index is 0.00273. The van der Waals surface area contributed by atoms with Gasteiger partial charge in [0, 0.05) is 29.6 Å². The van der Waals surface area contributed by atoms with Gasteiger partial charge in [-0.1, -0.05) is 47.6 Å². The smallest absolute Gasteiger partial charge is 0.334 e. The number of nitrogens with zero attached hydrogens (tertiary/aromatic N) is 3. The summed E-state index contributed by atoms with van der Waals surface area (Å²) in [5.74, 6) is 0.884. The molecule has 3 rings (SSSR count). The molecule has 0 N–H and O–H groups in total. The van der Waals surface area contributed by atoms with E-state index >= 15 is 0 Å². The van der Waals surface area contributed by atoms with Gasteiger partial charge >= 0.3 is 5.69 Å². The van der Waals surface area contributed by atoms with E-state index in [1.165, 1.54) is 19.1 Å². The van der Waals surface area contributed by atoms with E-state index in [9.17, 15) is 20.2 Å². The molecule has 0 aliphatic heterocycles. The Morgan fingerprint density at radius 2 is 1.71 bits per heavy atom. The van der Waals surface area contributed by atoms with Crippen LogP contribution in [0, 0.1) is 27.2 Å². The van der Waals surface area contributed by atoms with E-state index < -0.39 is 9.85 Å². The van der Waals surface area contributed by atoms with E-state index in [1.54, 1.807) is 23.9 Å². The maximum absolute atomic E-state index is 11.3. The predicted molar refractivity (Wildman–Crippen MR) is 105 cm³/mol. The second-order valence-electron chi connectivity index (χ2n) is 6.13. The topological polar surface area (TPSA) is 112 Å². The van der Waals surface area contributed by atoms with Crippen LogP contribution in [0.4, 0.5) is 11.4 Å². The molecule has 1 aromatic heterocycles. The second-order valence-corrected chi connectivity index (χ2v) is 7.33. The van der Waals surface area contributed by atoms with Crippen LogP contribution in [-0.4, -0.2) is 15.0 Å². The Morgan fingerprint density at radius 1 is 1.04 bits per heavy atom. The average molecular weight is 399 g/mol. The maximum Gasteiger partial charge on any atom is 0.334 e. The van der Waals surface area contributed by atoms with Crippen molar-refractivity contribution in [2.24, 2.45) is 0 Å². The Labute approximate surface area is 164 Å². The number of rotatable bonds is 8. The summed E-state index contributed by atoms with van der Waals surface area (Å²) in [5.41, 5.74) is 2.05. The van der Waals surface area contributed by atoms with Gasteiger partial charge in [-0.25, -0.2) is 0 Å². The lowest BCUT2D eigenvalue weighted by Gasteiger charge is -2.15. The van der Waals surface area contributed by atoms with Crippen LogP contribution in [0.3, 0.4) is 0 Å². The van der Waals surface area contributed by atoms with Gasteiger partial charge < -0.3 is 4.52 Å². The van der Waals surface area contributed by atoms with Crippen molar-refractivity contribution in [3.63, 3.8) is 0 Å². The molecule has 0 spiro atoms. The van der Waals surface area contributed by atoms with Crippen molar-refractivity contribution >= 4 is 23.1 Å². The van der Waals surface area contributed by atoms with Crippen LogP contribution in [0.1, 0.15) is 27.8 Å². The molecule has 28 heavy (non-hydrogen) atoms. The molecule has 0 aliphatic rings. The first-order valence-electron chi connectivity index (χ1n) is 8.45. The average Bonchev–Trinajstić information content (AvgIpc) is 3.06. The summed E-state index contributed by atoms with van der Waals surface area (Å²) >= 11 is 1.59. The van der Waals surface area contributed by atoms with Crippen molar-refractivity contribution in [3.8, 4) is 0 Å². The quantitative estimate of drug-likeness (QED) is 0.386. The molecular formula is C19H17N3O5S. The number of benzene rings is 2. The number of nitro groups is 2. The number of aromatic nitrogens is 1. The molecule has 1 heterocycles. The third kappa shape index (κ3) is 4.55. The highest BCUT2D eigenvalue weighted by Crippen LogP contribution is 2.38. The first kappa shape index (κ1) is 19.6. The van der Waals surface area contributed by atoms with E-state index in [-0.39, 0.29) is 34.5 Å². The fraction of sp³-hybridized carbons (Fsp3) is 0.211. The highest BCUT2D eigenvalue weighted by molar-refractivity contribution is 7.98. The molecule has 144 valence electrons. The summed E-state index contributed by atoms with van der Waals surface area (Å²) in [6.07, 6.45) is 0.256. The summed E-state index contributed by atoms with van der Waals surface area (Å²) in [6, 6.07) is 16.1. The van der Waals surface area contributed by atoms with Gasteiger partial charge in [0.05, 0.1) is 9.85 Å². The lowest BCUT2D eigenvalue weighted by atomic mass is 10.1. The number of nitro benzene ring substituents is 1. The van der Waals surface area contributed by atoms with Gasteiger partial charge in [0.15, 0.2) is 5.69 Å². The number of hydrogen-bond acceptors (Lipinski definition) is 7. The van der Waals surface area contributed by atoms with E-state index in [0.717, 1.165) is 11.1 Å². The van der Waals surface area contributed by atoms with Crippen molar-refractivity contribution in [2.75, 3.05) is 0 Å². The van der Waals surface area contributed by atoms with Crippen LogP contribution in [0.5, 0.6) is 0 Å². The summed E-state index contributed by atoms with van der Waals surface area (Å²) in [4.78, 5) is 21.3. The Balaban J connectivity index is 1.87. The molecule has 0 fully saturated rings. The second kappa shape index (κ2) is 8.66. The van der Waals surface area contributed by atoms with E-state index in [1.807, 2.05) is 30.3 Å². The van der Waals surface area contributed by atoms with Crippen molar-refractivity contribution in [1.29, 1.82) is 0 Å². The molecule has 0 saturated carbocycles. The van der Waals surface area contributed by atoms with Gasteiger partial charge in [-0.15, -0.1) is 11.8 Å². The summed E-state index contributed by atoms with van der Waals surface area (Å²) in [7, 11) is 0. The van der Waals surface area contributed by atoms with Crippen molar-refractivity contribution in [3.05, 3.63) is 97.4 Å². The van der Waals surface area contributed by atoms with E-state index in [4.69, 9.17) is 4.52 Å². The molecule has 2 aromatic carbocycles. The SMILES string of the molecule is Cc1noc(CC(SCc2ccccc2)c2ccc([N+](=O)[O-])cc2)c1[N+](=O)[O-]. The highest BCUT2D eigenvalue weighted by Gasteiger charge is 2.27. The molecule has 0 bridgehead atoms. The molecule has 0 saturated heterocycles. The van der Waals surface area contributed by atoms with Crippen LogP contribution < -0.4 is 0 Å². The van der Waals surface area contributed by atoms with Gasteiger partial charge in [0.1, 0.15) is 0 Å². The Hall–Kier alpha value is -3.20. The molecule has 0 amide bonds. The first-order valence-corrected chi connectivity index (χ1v) is 9.50. The van der Waals surface area contributed by atoms with Gasteiger partial charge in [0.2, 0.25) is 5.76 Å². The highest BCUT2D eigenvalue weighted by atomic mass is 32.2. The lowest BCUT2D eigenvalue weighted by molar-refractivity contribution is -0.386. The van der Waals surface area contributed by atoms with Crippen LogP contribution in [0.25, 0.3) is 0 Å². The fourth-order valence-electron chi connectivity index (χ4n) is 2.80. The molecule has 1 atom stereocenters. The molecule has 9 heteroatoms. The van der Waals surface area contributed by atoms with E-state index in [2.05, 4.69) is 5.16 Å². The third-order valence-corrected chi connectivity index (χ3v) is 5.56. The zero-order valence-electron chi connectivity index (χ0n) is 15.0. The van der Waals surface area contributed by atoms with Gasteiger partial charge in [0.25, 0.3) is 5.69 Å². The van der Waals surface area contributed by atoms with Crippen molar-refractivity contribution < 1.29 is 14.4 Å². The van der Waals surface area contributed by atoms with Crippen molar-refractivity contribution in [1.82, 2.24) is 5.16 Å². The van der Waals surface area contributed by atoms with Gasteiger partial charge in [-0.3, -0.25) is 20.2 Å². The number of non-ortho nitro benzene ring substituents is 1. The zero-order chi connectivity index (χ0) is 20.1. The monoisotopic (exact) mass is 399 g/mol. The Morgan fingerprint density at radius 3 is 2.32 bits per heavy atom. The van der Waals surface area contributed by atoms with Crippen LogP contribution in [-0.2, 0) is 12.2 Å². The number of hydrogen-bond donors (Lipinski definition) is 0. The zero-order valence-corrected chi connectivity index (χ0v) is 15.8. The molecular weight excluding hydrogens is 382 g/mol. The number of aryl methyl sites for hydroxylation is 1. The third-order valence-electron chi connectivity index (χ3n) is 4.22. The van der Waals surface area contributed by atoms with Gasteiger partial charge in [-0.05, 0) is 18.1 Å². The Kier molecular flexibility index (Phi) is 6.05. The maximum atomic E-state index is 11.3. The fourth-order valence-corrected chi connectivity index (χ4v) is 4.01. The standard InChI is InChI=1S/C19H17N3O5S/c1-13-19(22(25)26)17(27-20-13)11-18(28-12-14-5-3-2-4-6-14)15-7-9-16(10-8-15)21(23)24/h2-10,18H,11-12H2,1H3. The lowest BCUT2D eigenvalue weighted by Crippen LogP contribution is -2.02. The minimum Gasteiger partial charge on any atom is -0.354 e. The van der Waals surface area contributed by atoms with Crippen LogP contribution >= 0.6 is 11.8 Å². The summed E-state index contributed by atoms with van der Waals surface area (Å²) in [5, 5.41) is 25.8. The summed E-state index contributed by atoms with van der Waals surface area (Å²) in [6.45, 7) is 1.53. The summed E-state index contributed by atoms with van der Waals surface area (Å²) < 4.78 is 5.21. The molecule has 8 nitrogen and oxygen atoms in total. The van der Waals surface area contributed by atoms with Crippen LogP contribution in [0.15, 0.2) is 59.1 Å². The largest absolute Gasteiger partial charge is 0.354 e. The molecule has 1 unspecified atom stereocenters. The van der Waals surface area contributed by atoms with E-state index in [0.29, 0.717) is 5.75 Å². The number of thioether (sulfide) groups is 1. The molecule has 0 radical (unpaired) electrons. The van der Waals surface area contributed by atoms with Crippen molar-refractivity contribution in [2.45, 2.75) is 24.3 Å². The Bertz CT molecular complexity index is 973. The molecule has 0 aliphatic carbocycles. The normalized spacial score (nSPS) is 11.9. The van der Waals surface area contributed by atoms with Crippen LogP contribution in [0.2, 0.25) is 0 Å². The first-order chi connectivity index (χ1) is 13.5.